The van der Waals surface area contributed by atoms with Gasteiger partial charge >= 0.3 is 12.0 Å². The van der Waals surface area contributed by atoms with Gasteiger partial charge in [-0.15, -0.1) is 16.9 Å². The van der Waals surface area contributed by atoms with Crippen molar-refractivity contribution >= 4 is 35.4 Å². The van der Waals surface area contributed by atoms with Gasteiger partial charge in [-0.25, -0.2) is 4.79 Å². The van der Waals surface area contributed by atoms with Crippen molar-refractivity contribution in [2.24, 2.45) is 12.8 Å². The Kier molecular flexibility index (Phi) is 4.97. The van der Waals surface area contributed by atoms with Crippen LogP contribution >= 0.6 is 23.5 Å². The van der Waals surface area contributed by atoms with Gasteiger partial charge in [0.1, 0.15) is 22.7 Å². The maximum atomic E-state index is 12.7. The van der Waals surface area contributed by atoms with E-state index in [9.17, 15) is 14.7 Å². The zero-order valence-electron chi connectivity index (χ0n) is 14.9. The second-order valence-electron chi connectivity index (χ2n) is 7.02. The number of nitrogens with two attached hydrogens (primary N) is 1. The highest BCUT2D eigenvalue weighted by Crippen LogP contribution is 2.41. The van der Waals surface area contributed by atoms with Gasteiger partial charge in [-0.05, 0) is 26.3 Å². The van der Waals surface area contributed by atoms with Crippen molar-refractivity contribution in [1.29, 1.82) is 0 Å². The van der Waals surface area contributed by atoms with Gasteiger partial charge in [-0.1, -0.05) is 16.9 Å². The predicted octanol–water partition coefficient (Wildman–Crippen LogP) is 0.451. The first-order valence-corrected chi connectivity index (χ1v) is 10.0. The monoisotopic (exact) mass is 399 g/mol. The molecule has 1 saturated heterocycles. The fourth-order valence-electron chi connectivity index (χ4n) is 2.59. The summed E-state index contributed by atoms with van der Waals surface area (Å²) < 4.78 is 6.95. The summed E-state index contributed by atoms with van der Waals surface area (Å²) in [4.78, 5) is 26.4. The Morgan fingerprint density at radius 2 is 2.15 bits per heavy atom. The normalized spacial score (nSPS) is 23.0. The molecular formula is C15H21N5O4S2. The van der Waals surface area contributed by atoms with Crippen LogP contribution in [0.25, 0.3) is 0 Å². The number of aromatic nitrogens is 3. The number of hydrogen-bond donors (Lipinski definition) is 2. The fraction of sp³-hybridized carbons (Fsp3) is 0.600. The van der Waals surface area contributed by atoms with Crippen LogP contribution in [-0.4, -0.2) is 65.2 Å². The Bertz CT molecular complexity index is 785. The second-order valence-corrected chi connectivity index (χ2v) is 9.07. The quantitative estimate of drug-likeness (QED) is 0.422. The first-order chi connectivity index (χ1) is 12.1. The molecule has 2 aliphatic heterocycles. The number of fused-ring (bicyclic) bond motifs is 1. The highest BCUT2D eigenvalue weighted by atomic mass is 32.2. The molecule has 0 saturated carbocycles. The van der Waals surface area contributed by atoms with Gasteiger partial charge in [0.05, 0.1) is 0 Å². The average molecular weight is 399 g/mol. The van der Waals surface area contributed by atoms with E-state index in [0.29, 0.717) is 16.7 Å². The number of hydrogen-bond acceptors (Lipinski definition) is 9. The SMILES string of the molecule is Cn1c(O)nnc1SCC1=C(C(=O)OC(C)(C)C)N2C(=O)C(N)[C@@H]2SC1. The molecule has 1 amide bonds. The summed E-state index contributed by atoms with van der Waals surface area (Å²) in [6.45, 7) is 5.34. The molecule has 0 radical (unpaired) electrons. The van der Waals surface area contributed by atoms with Crippen molar-refractivity contribution in [2.45, 2.75) is 42.9 Å². The summed E-state index contributed by atoms with van der Waals surface area (Å²) in [5, 5.41) is 17.3. The van der Waals surface area contributed by atoms with Gasteiger partial charge < -0.3 is 15.6 Å². The topological polar surface area (TPSA) is 124 Å². The van der Waals surface area contributed by atoms with Gasteiger partial charge in [0.25, 0.3) is 0 Å². The molecule has 3 rings (SSSR count). The molecule has 26 heavy (non-hydrogen) atoms. The van der Waals surface area contributed by atoms with Gasteiger partial charge in [-0.3, -0.25) is 14.3 Å². The third kappa shape index (κ3) is 3.42. The molecule has 1 fully saturated rings. The molecule has 0 aliphatic carbocycles. The van der Waals surface area contributed by atoms with Crippen molar-refractivity contribution in [1.82, 2.24) is 19.7 Å². The Morgan fingerprint density at radius 3 is 2.73 bits per heavy atom. The molecule has 3 heterocycles. The van der Waals surface area contributed by atoms with Crippen molar-refractivity contribution in [3.05, 3.63) is 11.3 Å². The largest absolute Gasteiger partial charge is 0.479 e. The summed E-state index contributed by atoms with van der Waals surface area (Å²) in [6.07, 6.45) is 0. The van der Waals surface area contributed by atoms with Crippen LogP contribution in [-0.2, 0) is 21.4 Å². The van der Waals surface area contributed by atoms with Crippen LogP contribution in [0.5, 0.6) is 6.01 Å². The van der Waals surface area contributed by atoms with E-state index in [1.807, 2.05) is 0 Å². The second kappa shape index (κ2) is 6.78. The van der Waals surface area contributed by atoms with Crippen LogP contribution < -0.4 is 5.73 Å². The van der Waals surface area contributed by atoms with Crippen molar-refractivity contribution < 1.29 is 19.4 Å². The fourth-order valence-corrected chi connectivity index (χ4v) is 4.93. The molecule has 1 aromatic rings. The third-order valence-corrected chi connectivity index (χ3v) is 6.34. The lowest BCUT2D eigenvalue weighted by molar-refractivity contribution is -0.157. The Balaban J connectivity index is 1.87. The van der Waals surface area contributed by atoms with E-state index in [-0.39, 0.29) is 23.0 Å². The summed E-state index contributed by atoms with van der Waals surface area (Å²) in [6, 6.07) is -0.779. The Hall–Kier alpha value is -1.72. The molecular weight excluding hydrogens is 378 g/mol. The summed E-state index contributed by atoms with van der Waals surface area (Å²) in [5.74, 6) is 0.175. The first-order valence-electron chi connectivity index (χ1n) is 7.97. The number of nitrogens with zero attached hydrogens (tertiary/aromatic N) is 4. The maximum absolute atomic E-state index is 12.7. The van der Waals surface area contributed by atoms with Crippen LogP contribution in [0.3, 0.4) is 0 Å². The number of ether oxygens (including phenoxy) is 1. The van der Waals surface area contributed by atoms with Crippen molar-refractivity contribution in [2.75, 3.05) is 11.5 Å². The molecule has 2 atom stereocenters. The lowest BCUT2D eigenvalue weighted by atomic mass is 10.0. The van der Waals surface area contributed by atoms with E-state index < -0.39 is 17.6 Å². The molecule has 3 N–H and O–H groups in total. The average Bonchev–Trinajstić information content (AvgIpc) is 2.88. The van der Waals surface area contributed by atoms with E-state index in [1.165, 1.54) is 33.0 Å². The number of carbonyl (C=O) groups is 2. The number of rotatable bonds is 4. The highest BCUT2D eigenvalue weighted by molar-refractivity contribution is 8.01. The van der Waals surface area contributed by atoms with Crippen LogP contribution in [0.2, 0.25) is 0 Å². The number of aromatic hydroxyl groups is 1. The molecule has 11 heteroatoms. The van der Waals surface area contributed by atoms with Crippen LogP contribution in [0.1, 0.15) is 20.8 Å². The van der Waals surface area contributed by atoms with Crippen LogP contribution in [0, 0.1) is 0 Å². The van der Waals surface area contributed by atoms with Gasteiger partial charge in [-0.2, -0.15) is 0 Å². The third-order valence-electron chi connectivity index (χ3n) is 3.87. The molecule has 1 aromatic heterocycles. The first kappa shape index (κ1) is 19.1. The lowest BCUT2D eigenvalue weighted by Gasteiger charge is -2.48. The molecule has 1 unspecified atom stereocenters. The molecule has 0 aromatic carbocycles. The van der Waals surface area contributed by atoms with Crippen LogP contribution in [0.15, 0.2) is 16.4 Å². The van der Waals surface area contributed by atoms with E-state index in [4.69, 9.17) is 10.5 Å². The minimum atomic E-state index is -0.673. The minimum Gasteiger partial charge on any atom is -0.479 e. The van der Waals surface area contributed by atoms with E-state index in [2.05, 4.69) is 10.2 Å². The number of carbonyl (C=O) groups excluding carboxylic acids is 2. The molecule has 0 spiro atoms. The minimum absolute atomic E-state index is 0.184. The predicted molar refractivity (Wildman–Crippen MR) is 97.3 cm³/mol. The van der Waals surface area contributed by atoms with Crippen molar-refractivity contribution in [3.63, 3.8) is 0 Å². The van der Waals surface area contributed by atoms with Gasteiger partial charge in [0, 0.05) is 18.6 Å². The lowest BCUT2D eigenvalue weighted by Crippen LogP contribution is -2.68. The molecule has 0 bridgehead atoms. The summed E-state index contributed by atoms with van der Waals surface area (Å²) in [5.41, 5.74) is 6.23. The smallest absolute Gasteiger partial charge is 0.355 e. The highest BCUT2D eigenvalue weighted by Gasteiger charge is 2.52. The zero-order chi connectivity index (χ0) is 19.2. The van der Waals surface area contributed by atoms with Crippen molar-refractivity contribution in [3.8, 4) is 6.01 Å². The molecule has 9 nitrogen and oxygen atoms in total. The van der Waals surface area contributed by atoms with E-state index in [0.717, 1.165) is 5.57 Å². The standard InChI is InChI=1S/C15H21N5O4S2/c1-15(2,3)24-12(22)9-7(5-25-11-8(16)10(21)20(9)11)6-26-14-18-17-13(23)19(14)4/h8,11H,5-6,16H2,1-4H3,(H,17,23)/t8?,11-/m0/s1. The Morgan fingerprint density at radius 1 is 1.46 bits per heavy atom. The Labute approximate surface area is 159 Å². The number of thioether (sulfide) groups is 2. The number of amides is 1. The summed E-state index contributed by atoms with van der Waals surface area (Å²) >= 11 is 2.85. The molecule has 142 valence electrons. The van der Waals surface area contributed by atoms with E-state index >= 15 is 0 Å². The molecule has 2 aliphatic rings. The van der Waals surface area contributed by atoms with Gasteiger partial charge in [0.15, 0.2) is 5.16 Å². The number of β-lactam (4-membered cyclic amide) rings is 1. The zero-order valence-corrected chi connectivity index (χ0v) is 16.6. The summed E-state index contributed by atoms with van der Waals surface area (Å²) in [7, 11) is 1.64. The van der Waals surface area contributed by atoms with Crippen LogP contribution in [0.4, 0.5) is 0 Å². The number of esters is 1. The van der Waals surface area contributed by atoms with Gasteiger partial charge in [0.2, 0.25) is 5.91 Å². The maximum Gasteiger partial charge on any atom is 0.355 e. The van der Waals surface area contributed by atoms with E-state index in [1.54, 1.807) is 27.8 Å².